The van der Waals surface area contributed by atoms with Crippen LogP contribution in [0.4, 0.5) is 0 Å². The van der Waals surface area contributed by atoms with Crippen molar-refractivity contribution in [3.63, 3.8) is 0 Å². The van der Waals surface area contributed by atoms with E-state index in [-0.39, 0.29) is 7.43 Å². The molecule has 0 aliphatic heterocycles. The van der Waals surface area contributed by atoms with Gasteiger partial charge in [0.15, 0.2) is 8.32 Å². The quantitative estimate of drug-likeness (QED) is 0.559. The molecule has 0 spiro atoms. The summed E-state index contributed by atoms with van der Waals surface area (Å²) in [6.45, 7) is 6.70. The van der Waals surface area contributed by atoms with Gasteiger partial charge in [0.25, 0.3) is 0 Å². The largest absolute Gasteiger partial charge is 0.420 e. The summed E-state index contributed by atoms with van der Waals surface area (Å²) in [5.41, 5.74) is 0. The fourth-order valence-electron chi connectivity index (χ4n) is 0.704. The molecule has 0 aromatic rings. The average Bonchev–Trinajstić information content (AvgIpc) is 1.67. The van der Waals surface area contributed by atoms with Gasteiger partial charge in [-0.2, -0.15) is 0 Å². The molecule has 0 saturated heterocycles. The Balaban J connectivity index is 0. The van der Waals surface area contributed by atoms with Crippen molar-refractivity contribution in [1.29, 1.82) is 0 Å². The topological polar surface area (TPSA) is 9.23 Å². The van der Waals surface area contributed by atoms with Crippen LogP contribution >= 0.6 is 0 Å². The highest BCUT2D eigenvalue weighted by molar-refractivity contribution is 6.71. The Morgan fingerprint density at radius 1 is 1.33 bits per heavy atom. The van der Waals surface area contributed by atoms with Gasteiger partial charge in [0.05, 0.1) is 0 Å². The van der Waals surface area contributed by atoms with Gasteiger partial charge in [0.2, 0.25) is 0 Å². The summed E-state index contributed by atoms with van der Waals surface area (Å²) < 4.78 is 5.32. The molecule has 0 aromatic heterocycles. The molecule has 0 amide bonds. The lowest BCUT2D eigenvalue weighted by Crippen LogP contribution is -2.27. The predicted molar refractivity (Wildman–Crippen MR) is 46.3 cm³/mol. The highest BCUT2D eigenvalue weighted by atomic mass is 28.4. The van der Waals surface area contributed by atoms with E-state index in [0.717, 1.165) is 0 Å². The minimum absolute atomic E-state index is 0. The van der Waals surface area contributed by atoms with Crippen LogP contribution in [0.15, 0.2) is 0 Å². The Morgan fingerprint density at radius 2 is 1.78 bits per heavy atom. The maximum atomic E-state index is 5.32. The monoisotopic (exact) mass is 148 g/mol. The second-order valence-corrected chi connectivity index (χ2v) is 7.14. The summed E-state index contributed by atoms with van der Waals surface area (Å²) >= 11 is 0. The second kappa shape index (κ2) is 5.00. The molecule has 0 aliphatic carbocycles. The smallest absolute Gasteiger partial charge is 0.186 e. The van der Waals surface area contributed by atoms with E-state index in [4.69, 9.17) is 4.43 Å². The van der Waals surface area contributed by atoms with Crippen LogP contribution in [0.25, 0.3) is 0 Å². The van der Waals surface area contributed by atoms with Crippen molar-refractivity contribution >= 4 is 8.32 Å². The maximum Gasteiger partial charge on any atom is 0.186 e. The Morgan fingerprint density at radius 3 is 1.89 bits per heavy atom. The van der Waals surface area contributed by atoms with Crippen molar-refractivity contribution < 1.29 is 4.43 Å². The normalized spacial score (nSPS) is 10.7. The Kier molecular flexibility index (Phi) is 6.62. The van der Waals surface area contributed by atoms with Crippen molar-refractivity contribution in [2.24, 2.45) is 0 Å². The predicted octanol–water partition coefficient (Wildman–Crippen LogP) is 2.88. The van der Waals surface area contributed by atoms with Crippen LogP contribution in [-0.2, 0) is 4.43 Å². The molecule has 9 heavy (non-hydrogen) atoms. The molecular formula is C7H20OSi. The van der Waals surface area contributed by atoms with E-state index in [1.807, 2.05) is 7.11 Å². The lowest BCUT2D eigenvalue weighted by Gasteiger charge is -2.17. The molecule has 0 saturated carbocycles. The molecule has 0 atom stereocenters. The van der Waals surface area contributed by atoms with Gasteiger partial charge in [0.1, 0.15) is 0 Å². The summed E-state index contributed by atoms with van der Waals surface area (Å²) in [5.74, 6) is 0. The maximum absolute atomic E-state index is 5.32. The number of rotatable bonds is 3. The molecule has 58 valence electrons. The van der Waals surface area contributed by atoms with Gasteiger partial charge in [-0.25, -0.2) is 0 Å². The molecule has 0 radical (unpaired) electrons. The second-order valence-electron chi connectivity index (χ2n) is 2.71. The lowest BCUT2D eigenvalue weighted by atomic mass is 10.6. The van der Waals surface area contributed by atoms with Crippen molar-refractivity contribution in [2.75, 3.05) is 7.11 Å². The van der Waals surface area contributed by atoms with Gasteiger partial charge >= 0.3 is 0 Å². The first kappa shape index (κ1) is 11.9. The zero-order valence-corrected chi connectivity index (χ0v) is 7.32. The van der Waals surface area contributed by atoms with Crippen LogP contribution in [0.2, 0.25) is 19.1 Å². The lowest BCUT2D eigenvalue weighted by molar-refractivity contribution is 0.403. The van der Waals surface area contributed by atoms with Crippen molar-refractivity contribution in [3.05, 3.63) is 0 Å². The van der Waals surface area contributed by atoms with E-state index >= 15 is 0 Å². The van der Waals surface area contributed by atoms with Gasteiger partial charge in [-0.3, -0.25) is 0 Å². The van der Waals surface area contributed by atoms with Crippen LogP contribution < -0.4 is 0 Å². The molecule has 0 aliphatic rings. The Bertz CT molecular complexity index is 61.9. The Hall–Kier alpha value is 0.177. The molecular weight excluding hydrogens is 128 g/mol. The van der Waals surface area contributed by atoms with Crippen LogP contribution in [-0.4, -0.2) is 15.4 Å². The molecule has 1 nitrogen and oxygen atoms in total. The first-order valence-corrected chi connectivity index (χ1v) is 6.29. The average molecular weight is 148 g/mol. The third kappa shape index (κ3) is 6.06. The van der Waals surface area contributed by atoms with Gasteiger partial charge in [-0.15, -0.1) is 0 Å². The standard InChI is InChI=1S/C6H16OSi.CH4/c1-5-6-8(3,4)7-2;/h5-6H2,1-4H3;1H4. The van der Waals surface area contributed by atoms with Crippen molar-refractivity contribution in [2.45, 2.75) is 39.9 Å². The van der Waals surface area contributed by atoms with Gasteiger partial charge in [0, 0.05) is 7.11 Å². The molecule has 0 unspecified atom stereocenters. The fraction of sp³-hybridized carbons (Fsp3) is 1.00. The van der Waals surface area contributed by atoms with Crippen molar-refractivity contribution in [1.82, 2.24) is 0 Å². The van der Waals surface area contributed by atoms with Crippen LogP contribution in [0.3, 0.4) is 0 Å². The van der Waals surface area contributed by atoms with Crippen LogP contribution in [0.1, 0.15) is 20.8 Å². The first-order valence-electron chi connectivity index (χ1n) is 3.17. The summed E-state index contributed by atoms with van der Waals surface area (Å²) in [5, 5.41) is 0. The Labute approximate surface area is 60.6 Å². The summed E-state index contributed by atoms with van der Waals surface area (Å²) in [4.78, 5) is 0. The third-order valence-electron chi connectivity index (χ3n) is 1.40. The van der Waals surface area contributed by atoms with E-state index in [1.54, 1.807) is 0 Å². The number of hydrogen-bond donors (Lipinski definition) is 0. The van der Waals surface area contributed by atoms with Gasteiger partial charge < -0.3 is 4.43 Å². The van der Waals surface area contributed by atoms with Crippen molar-refractivity contribution in [3.8, 4) is 0 Å². The molecule has 2 heteroatoms. The van der Waals surface area contributed by atoms with Gasteiger partial charge in [-0.1, -0.05) is 20.8 Å². The summed E-state index contributed by atoms with van der Waals surface area (Å²) in [6, 6.07) is 1.28. The van der Waals surface area contributed by atoms with E-state index in [1.165, 1.54) is 12.5 Å². The summed E-state index contributed by atoms with van der Waals surface area (Å²) in [6.07, 6.45) is 1.26. The minimum Gasteiger partial charge on any atom is -0.420 e. The van der Waals surface area contributed by atoms with Crippen LogP contribution in [0, 0.1) is 0 Å². The molecule has 0 fully saturated rings. The molecule has 0 bridgehead atoms. The zero-order valence-electron chi connectivity index (χ0n) is 6.32. The van der Waals surface area contributed by atoms with Gasteiger partial charge in [-0.05, 0) is 19.1 Å². The first-order chi connectivity index (χ1) is 3.62. The highest BCUT2D eigenvalue weighted by Crippen LogP contribution is 2.10. The van der Waals surface area contributed by atoms with E-state index < -0.39 is 8.32 Å². The third-order valence-corrected chi connectivity index (χ3v) is 4.21. The SMILES string of the molecule is C.CCC[Si](C)(C)OC. The highest BCUT2D eigenvalue weighted by Gasteiger charge is 2.17. The molecule has 0 rings (SSSR count). The van der Waals surface area contributed by atoms with E-state index in [2.05, 4.69) is 20.0 Å². The zero-order chi connectivity index (χ0) is 6.62. The minimum atomic E-state index is -1.18. The molecule has 0 aromatic carbocycles. The number of hydrogen-bond acceptors (Lipinski definition) is 1. The van der Waals surface area contributed by atoms with E-state index in [0.29, 0.717) is 0 Å². The summed E-state index contributed by atoms with van der Waals surface area (Å²) in [7, 11) is 0.644. The van der Waals surface area contributed by atoms with Crippen LogP contribution in [0.5, 0.6) is 0 Å². The molecule has 0 N–H and O–H groups in total. The molecule has 0 heterocycles. The van der Waals surface area contributed by atoms with E-state index in [9.17, 15) is 0 Å². The fourth-order valence-corrected chi connectivity index (χ4v) is 2.11.